The third-order valence-electron chi connectivity index (χ3n) is 5.54. The summed E-state index contributed by atoms with van der Waals surface area (Å²) < 4.78 is 2.33. The summed E-state index contributed by atoms with van der Waals surface area (Å²) in [6, 6.07) is 11.5. The first kappa shape index (κ1) is 25.7. The molecule has 0 saturated carbocycles. The van der Waals surface area contributed by atoms with Gasteiger partial charge < -0.3 is 4.90 Å². The van der Waals surface area contributed by atoms with Crippen LogP contribution in [0.4, 0.5) is 5.69 Å². The Morgan fingerprint density at radius 2 is 1.88 bits per heavy atom. The Bertz CT molecular complexity index is 1050. The summed E-state index contributed by atoms with van der Waals surface area (Å²) in [5.74, 6) is 0.644. The summed E-state index contributed by atoms with van der Waals surface area (Å²) in [5, 5.41) is 13.7. The van der Waals surface area contributed by atoms with Crippen LogP contribution in [0.2, 0.25) is 0 Å². The van der Waals surface area contributed by atoms with Crippen LogP contribution in [-0.4, -0.2) is 57.5 Å². The smallest absolute Gasteiger partial charge is 0.270 e. The lowest BCUT2D eigenvalue weighted by molar-refractivity contribution is -0.385. The number of alkyl halides is 1. The highest BCUT2D eigenvalue weighted by Gasteiger charge is 2.25. The summed E-state index contributed by atoms with van der Waals surface area (Å²) in [6.07, 6.45) is 1.18. The molecule has 0 bridgehead atoms. The molecule has 3 rings (SSSR count). The highest BCUT2D eigenvalue weighted by molar-refractivity contribution is 8.13. The van der Waals surface area contributed by atoms with Crippen LogP contribution in [0.1, 0.15) is 30.9 Å². The summed E-state index contributed by atoms with van der Waals surface area (Å²) in [4.78, 5) is 28.6. The van der Waals surface area contributed by atoms with Gasteiger partial charge >= 0.3 is 0 Å². The van der Waals surface area contributed by atoms with E-state index in [2.05, 4.69) is 41.7 Å². The molecule has 33 heavy (non-hydrogen) atoms. The van der Waals surface area contributed by atoms with E-state index in [0.717, 1.165) is 27.8 Å². The van der Waals surface area contributed by atoms with Gasteiger partial charge in [0.1, 0.15) is 0 Å². The van der Waals surface area contributed by atoms with Crippen molar-refractivity contribution in [3.8, 4) is 0 Å². The fourth-order valence-electron chi connectivity index (χ4n) is 3.72. The van der Waals surface area contributed by atoms with Gasteiger partial charge in [0.2, 0.25) is 5.91 Å². The zero-order chi connectivity index (χ0) is 24.0. The van der Waals surface area contributed by atoms with Crippen molar-refractivity contribution in [2.75, 3.05) is 32.1 Å². The first-order valence-electron chi connectivity index (χ1n) is 11.0. The second kappa shape index (κ2) is 12.0. The van der Waals surface area contributed by atoms with Crippen LogP contribution in [0.15, 0.2) is 51.1 Å². The minimum Gasteiger partial charge on any atom is -0.340 e. The third kappa shape index (κ3) is 6.59. The maximum absolute atomic E-state index is 12.4. The first-order chi connectivity index (χ1) is 15.8. The van der Waals surface area contributed by atoms with E-state index in [1.165, 1.54) is 11.1 Å². The van der Waals surface area contributed by atoms with Gasteiger partial charge in [-0.15, -0.1) is 11.6 Å². The Hall–Kier alpha value is -1.87. The summed E-state index contributed by atoms with van der Waals surface area (Å²) in [7, 11) is -0.415. The molecule has 1 aliphatic rings. The number of nitro groups is 1. The summed E-state index contributed by atoms with van der Waals surface area (Å²) in [6.45, 7) is 8.94. The number of hydrogen-bond acceptors (Lipinski definition) is 5. The van der Waals surface area contributed by atoms with Gasteiger partial charge in [-0.1, -0.05) is 34.6 Å². The SMILES string of the molecule is C/C=S(\c1cc([N+](=O)[O-])ccc1Sc1cc(C)ccc1C)N1CCN(C(=O)CCCCl)CC1. The number of non-ortho nitro benzene ring substituents is 1. The molecule has 1 aliphatic heterocycles. The maximum Gasteiger partial charge on any atom is 0.270 e. The number of aryl methyl sites for hydroxylation is 2. The molecule has 1 heterocycles. The molecule has 178 valence electrons. The molecule has 1 saturated heterocycles. The lowest BCUT2D eigenvalue weighted by atomic mass is 10.2. The Labute approximate surface area is 207 Å². The molecule has 1 atom stereocenters. The van der Waals surface area contributed by atoms with Gasteiger partial charge in [0.15, 0.2) is 0 Å². The second-order valence-corrected chi connectivity index (χ2v) is 11.4. The maximum atomic E-state index is 12.4. The van der Waals surface area contributed by atoms with Crippen LogP contribution in [0, 0.1) is 24.0 Å². The minimum absolute atomic E-state index is 0.101. The van der Waals surface area contributed by atoms with Gasteiger partial charge in [-0.3, -0.25) is 14.9 Å². The van der Waals surface area contributed by atoms with Crippen LogP contribution >= 0.6 is 34.0 Å². The van der Waals surface area contributed by atoms with E-state index in [-0.39, 0.29) is 16.5 Å². The molecule has 1 amide bonds. The normalized spacial score (nSPS) is 15.6. The molecule has 0 aromatic heterocycles. The van der Waals surface area contributed by atoms with Crippen molar-refractivity contribution in [2.45, 2.75) is 48.3 Å². The Balaban J connectivity index is 1.87. The Morgan fingerprint density at radius 3 is 2.52 bits per heavy atom. The number of hydrogen-bond donors (Lipinski definition) is 0. The van der Waals surface area contributed by atoms with Crippen molar-refractivity contribution in [1.82, 2.24) is 9.21 Å². The lowest BCUT2D eigenvalue weighted by Crippen LogP contribution is -2.46. The van der Waals surface area contributed by atoms with Crippen molar-refractivity contribution in [1.29, 1.82) is 0 Å². The van der Waals surface area contributed by atoms with E-state index < -0.39 is 10.7 Å². The third-order valence-corrected chi connectivity index (χ3v) is 9.33. The van der Waals surface area contributed by atoms with Gasteiger partial charge in [-0.25, -0.2) is 4.31 Å². The average Bonchev–Trinajstić information content (AvgIpc) is 2.81. The van der Waals surface area contributed by atoms with Gasteiger partial charge in [0, 0.05) is 65.3 Å². The lowest BCUT2D eigenvalue weighted by Gasteiger charge is -2.37. The molecule has 1 unspecified atom stereocenters. The molecular weight excluding hydrogens is 478 g/mol. The summed E-state index contributed by atoms with van der Waals surface area (Å²) in [5.41, 5.74) is 2.46. The number of amides is 1. The van der Waals surface area contributed by atoms with Gasteiger partial charge in [0.05, 0.1) is 4.92 Å². The van der Waals surface area contributed by atoms with Gasteiger partial charge in [-0.05, 0) is 55.8 Å². The standard InChI is InChI=1S/C24H30ClN3O3S2/c1-4-33(27-14-12-26(13-15-27)24(29)6-5-11-25)23-17-20(28(30)31)9-10-21(23)32-22-16-18(2)7-8-19(22)3/h4,7-10,16-17H,5-6,11-15H2,1-3H3. The second-order valence-electron chi connectivity index (χ2n) is 7.91. The first-order valence-corrected chi connectivity index (χ1v) is 13.6. The van der Waals surface area contributed by atoms with Crippen molar-refractivity contribution in [3.05, 3.63) is 57.6 Å². The number of nitrogens with zero attached hydrogens (tertiary/aromatic N) is 3. The molecular formula is C24H30ClN3O3S2. The molecule has 0 radical (unpaired) electrons. The number of piperazine rings is 1. The Kier molecular flexibility index (Phi) is 9.37. The minimum atomic E-state index is -0.415. The highest BCUT2D eigenvalue weighted by Crippen LogP contribution is 2.43. The van der Waals surface area contributed by atoms with Crippen molar-refractivity contribution in [2.24, 2.45) is 0 Å². The Morgan fingerprint density at radius 1 is 1.15 bits per heavy atom. The zero-order valence-corrected chi connectivity index (χ0v) is 21.6. The van der Waals surface area contributed by atoms with Crippen LogP contribution in [0.3, 0.4) is 0 Å². The average molecular weight is 508 g/mol. The van der Waals surface area contributed by atoms with Gasteiger partial charge in [-0.2, -0.15) is 0 Å². The van der Waals surface area contributed by atoms with E-state index in [9.17, 15) is 14.9 Å². The van der Waals surface area contributed by atoms with E-state index in [4.69, 9.17) is 11.6 Å². The van der Waals surface area contributed by atoms with Crippen molar-refractivity contribution >= 4 is 51.0 Å². The monoisotopic (exact) mass is 507 g/mol. The van der Waals surface area contributed by atoms with E-state index in [0.29, 0.717) is 31.8 Å². The fraction of sp³-hybridized carbons (Fsp3) is 0.417. The molecule has 2 aromatic rings. The number of halogens is 1. The van der Waals surface area contributed by atoms with Crippen molar-refractivity contribution in [3.63, 3.8) is 0 Å². The molecule has 0 aliphatic carbocycles. The highest BCUT2D eigenvalue weighted by atomic mass is 35.5. The molecule has 0 spiro atoms. The van der Waals surface area contributed by atoms with Crippen LogP contribution < -0.4 is 0 Å². The predicted molar refractivity (Wildman–Crippen MR) is 139 cm³/mol. The van der Waals surface area contributed by atoms with Crippen LogP contribution in [-0.2, 0) is 4.79 Å². The molecule has 6 nitrogen and oxygen atoms in total. The van der Waals surface area contributed by atoms with E-state index in [1.807, 2.05) is 17.9 Å². The number of rotatable bonds is 8. The number of carbonyl (C=O) groups excluding carboxylic acids is 1. The molecule has 9 heteroatoms. The molecule has 1 fully saturated rings. The quantitative estimate of drug-likeness (QED) is 0.193. The number of nitro benzene ring substituents is 1. The van der Waals surface area contributed by atoms with E-state index in [1.54, 1.807) is 23.9 Å². The van der Waals surface area contributed by atoms with Crippen LogP contribution in [0.5, 0.6) is 0 Å². The zero-order valence-electron chi connectivity index (χ0n) is 19.3. The predicted octanol–water partition coefficient (Wildman–Crippen LogP) is 5.89. The topological polar surface area (TPSA) is 66.7 Å². The fourth-order valence-corrected chi connectivity index (χ4v) is 7.14. The summed E-state index contributed by atoms with van der Waals surface area (Å²) >= 11 is 7.39. The molecule has 0 N–H and O–H groups in total. The van der Waals surface area contributed by atoms with Crippen LogP contribution in [0.25, 0.3) is 0 Å². The van der Waals surface area contributed by atoms with E-state index >= 15 is 0 Å². The largest absolute Gasteiger partial charge is 0.340 e. The molecule has 2 aromatic carbocycles. The van der Waals surface area contributed by atoms with Crippen molar-refractivity contribution < 1.29 is 9.72 Å². The van der Waals surface area contributed by atoms with Gasteiger partial charge in [0.25, 0.3) is 5.69 Å². The number of carbonyl (C=O) groups is 1. The number of benzene rings is 2.